The second-order valence-corrected chi connectivity index (χ2v) is 4.80. The highest BCUT2D eigenvalue weighted by atomic mass is 32.2. The first kappa shape index (κ1) is 12.9. The number of carbonyl (C=O) groups is 1. The molecule has 0 rings (SSSR count). The van der Waals surface area contributed by atoms with Crippen molar-refractivity contribution in [1.29, 1.82) is 0 Å². The number of rotatable bonds is 5. The molecule has 0 aliphatic heterocycles. The van der Waals surface area contributed by atoms with E-state index in [1.807, 2.05) is 0 Å². The molecule has 0 fully saturated rings. The molecule has 0 amide bonds. The molecule has 0 saturated heterocycles. The van der Waals surface area contributed by atoms with Gasteiger partial charge in [-0.05, 0) is 13.3 Å². The fourth-order valence-electron chi connectivity index (χ4n) is 0.668. The molecule has 0 aromatic carbocycles. The Kier molecular flexibility index (Phi) is 4.60. The van der Waals surface area contributed by atoms with Crippen molar-refractivity contribution in [1.82, 2.24) is 4.72 Å². The molecule has 0 bridgehead atoms. The lowest BCUT2D eigenvalue weighted by Crippen LogP contribution is -2.42. The zero-order valence-corrected chi connectivity index (χ0v) is 8.84. The van der Waals surface area contributed by atoms with E-state index < -0.39 is 27.3 Å². The lowest BCUT2D eigenvalue weighted by Gasteiger charge is -2.13. The highest BCUT2D eigenvalue weighted by molar-refractivity contribution is 7.90. The first-order valence-electron chi connectivity index (χ1n) is 4.05. The highest BCUT2D eigenvalue weighted by Gasteiger charge is 2.28. The number of nitrogens with one attached hydrogen (secondary N) is 1. The average Bonchev–Trinajstić information content (AvgIpc) is 2.12. The van der Waals surface area contributed by atoms with Crippen LogP contribution in [0.2, 0.25) is 0 Å². The summed E-state index contributed by atoms with van der Waals surface area (Å²) in [6.45, 7) is 2.80. The lowest BCUT2D eigenvalue weighted by atomic mass is 10.3. The summed E-state index contributed by atoms with van der Waals surface area (Å²) in [7, 11) is -3.87. The molecule has 0 saturated carbocycles. The van der Waals surface area contributed by atoms with Crippen molar-refractivity contribution in [2.75, 3.05) is 0 Å². The summed E-state index contributed by atoms with van der Waals surface area (Å²) in [6, 6.07) is -0.651. The van der Waals surface area contributed by atoms with Crippen molar-refractivity contribution in [2.45, 2.75) is 31.6 Å². The minimum absolute atomic E-state index is 0.419. The summed E-state index contributed by atoms with van der Waals surface area (Å²) in [6.07, 6.45) is 5.46. The van der Waals surface area contributed by atoms with E-state index in [0.717, 1.165) is 6.92 Å². The Labute approximate surface area is 83.6 Å². The Bertz CT molecular complexity index is 341. The van der Waals surface area contributed by atoms with E-state index in [-0.39, 0.29) is 0 Å². The van der Waals surface area contributed by atoms with Crippen molar-refractivity contribution in [3.05, 3.63) is 0 Å². The summed E-state index contributed by atoms with van der Waals surface area (Å²) in [4.78, 5) is 10.4. The van der Waals surface area contributed by atoms with Crippen LogP contribution < -0.4 is 4.72 Å². The van der Waals surface area contributed by atoms with Gasteiger partial charge < -0.3 is 5.11 Å². The van der Waals surface area contributed by atoms with Gasteiger partial charge in [-0.1, -0.05) is 12.8 Å². The van der Waals surface area contributed by atoms with Crippen molar-refractivity contribution in [2.24, 2.45) is 0 Å². The Morgan fingerprint density at radius 2 is 2.14 bits per heavy atom. The minimum Gasteiger partial charge on any atom is -0.480 e. The van der Waals surface area contributed by atoms with Gasteiger partial charge in [0.1, 0.15) is 0 Å². The second kappa shape index (κ2) is 4.98. The second-order valence-electron chi connectivity index (χ2n) is 2.77. The van der Waals surface area contributed by atoms with E-state index in [0.29, 0.717) is 6.42 Å². The molecular weight excluding hydrogens is 206 g/mol. The number of hydrogen-bond acceptors (Lipinski definition) is 3. The quantitative estimate of drug-likeness (QED) is 0.627. The van der Waals surface area contributed by atoms with Crippen molar-refractivity contribution in [3.63, 3.8) is 0 Å². The smallest absolute Gasteiger partial charge is 0.323 e. The van der Waals surface area contributed by atoms with Crippen LogP contribution in [0.5, 0.6) is 0 Å². The normalized spacial score (nSPS) is 15.5. The summed E-state index contributed by atoms with van der Waals surface area (Å²) < 4.78 is 24.8. The SMILES string of the molecule is C#CC(CC)NS(=O)(=O)C(C)C(=O)O. The Morgan fingerprint density at radius 1 is 1.64 bits per heavy atom. The molecule has 5 nitrogen and oxygen atoms in total. The minimum atomic E-state index is -3.87. The van der Waals surface area contributed by atoms with Crippen LogP contribution in [-0.4, -0.2) is 30.8 Å². The van der Waals surface area contributed by atoms with Gasteiger partial charge in [-0.15, -0.1) is 6.42 Å². The average molecular weight is 219 g/mol. The number of sulfonamides is 1. The van der Waals surface area contributed by atoms with Gasteiger partial charge in [-0.2, -0.15) is 4.72 Å². The summed E-state index contributed by atoms with van der Waals surface area (Å²) >= 11 is 0. The van der Waals surface area contributed by atoms with E-state index in [1.165, 1.54) is 0 Å². The van der Waals surface area contributed by atoms with Gasteiger partial charge in [-0.25, -0.2) is 8.42 Å². The maximum Gasteiger partial charge on any atom is 0.323 e. The summed E-state index contributed by atoms with van der Waals surface area (Å²) in [5.74, 6) is 0.820. The largest absolute Gasteiger partial charge is 0.480 e. The van der Waals surface area contributed by atoms with Gasteiger partial charge in [0.25, 0.3) is 0 Å². The van der Waals surface area contributed by atoms with Gasteiger partial charge in [0.2, 0.25) is 10.0 Å². The molecule has 6 heteroatoms. The van der Waals surface area contributed by atoms with Crippen LogP contribution in [0.25, 0.3) is 0 Å². The number of hydrogen-bond donors (Lipinski definition) is 2. The van der Waals surface area contributed by atoms with E-state index in [4.69, 9.17) is 11.5 Å². The van der Waals surface area contributed by atoms with Gasteiger partial charge in [0.05, 0.1) is 6.04 Å². The van der Waals surface area contributed by atoms with E-state index >= 15 is 0 Å². The number of carboxylic acids is 1. The van der Waals surface area contributed by atoms with E-state index in [2.05, 4.69) is 10.6 Å². The third-order valence-corrected chi connectivity index (χ3v) is 3.47. The van der Waals surface area contributed by atoms with Crippen LogP contribution >= 0.6 is 0 Å². The first-order chi connectivity index (χ1) is 6.35. The number of terminal acetylenes is 1. The summed E-state index contributed by atoms with van der Waals surface area (Å²) in [5.41, 5.74) is 0. The van der Waals surface area contributed by atoms with E-state index in [9.17, 15) is 13.2 Å². The Balaban J connectivity index is 4.67. The first-order valence-corrected chi connectivity index (χ1v) is 5.59. The van der Waals surface area contributed by atoms with Crippen LogP contribution in [0.15, 0.2) is 0 Å². The molecule has 0 heterocycles. The molecule has 0 spiro atoms. The van der Waals surface area contributed by atoms with Crippen molar-refractivity contribution < 1.29 is 18.3 Å². The van der Waals surface area contributed by atoms with Gasteiger partial charge in [0.15, 0.2) is 5.25 Å². The molecule has 0 radical (unpaired) electrons. The van der Waals surface area contributed by atoms with Crippen LogP contribution in [-0.2, 0) is 14.8 Å². The number of carboxylic acid groups (broad SMARTS) is 1. The predicted molar refractivity (Wildman–Crippen MR) is 52.1 cm³/mol. The van der Waals surface area contributed by atoms with E-state index in [1.54, 1.807) is 6.92 Å². The fraction of sp³-hybridized carbons (Fsp3) is 0.625. The van der Waals surface area contributed by atoms with Crippen molar-refractivity contribution in [3.8, 4) is 12.3 Å². The van der Waals surface area contributed by atoms with Crippen LogP contribution in [0.1, 0.15) is 20.3 Å². The maximum atomic E-state index is 11.3. The molecular formula is C8H13NO4S. The molecule has 80 valence electrons. The molecule has 2 unspecified atom stereocenters. The number of aliphatic carboxylic acids is 1. The molecule has 2 N–H and O–H groups in total. The van der Waals surface area contributed by atoms with Gasteiger partial charge in [-0.3, -0.25) is 4.79 Å². The molecule has 2 atom stereocenters. The van der Waals surface area contributed by atoms with Crippen molar-refractivity contribution >= 4 is 16.0 Å². The Morgan fingerprint density at radius 3 is 2.43 bits per heavy atom. The summed E-state index contributed by atoms with van der Waals surface area (Å²) in [5, 5.41) is 7.01. The highest BCUT2D eigenvalue weighted by Crippen LogP contribution is 2.01. The molecule has 14 heavy (non-hydrogen) atoms. The fourth-order valence-corrected chi connectivity index (χ4v) is 1.77. The zero-order valence-electron chi connectivity index (χ0n) is 8.02. The zero-order chi connectivity index (χ0) is 11.4. The van der Waals surface area contributed by atoms with Gasteiger partial charge in [0, 0.05) is 0 Å². The molecule has 0 aromatic rings. The molecule has 0 aliphatic rings. The van der Waals surface area contributed by atoms with Crippen LogP contribution in [0.3, 0.4) is 0 Å². The molecule has 0 aliphatic carbocycles. The maximum absolute atomic E-state index is 11.3. The Hall–Kier alpha value is -1.06. The standard InChI is InChI=1S/C8H13NO4S/c1-4-7(5-2)9-14(12,13)6(3)8(10)11/h1,6-7,9H,5H2,2-3H3,(H,10,11). The topological polar surface area (TPSA) is 83.5 Å². The van der Waals surface area contributed by atoms with Crippen LogP contribution in [0.4, 0.5) is 0 Å². The monoisotopic (exact) mass is 219 g/mol. The van der Waals surface area contributed by atoms with Gasteiger partial charge >= 0.3 is 5.97 Å². The van der Waals surface area contributed by atoms with Crippen LogP contribution in [0, 0.1) is 12.3 Å². The third-order valence-electron chi connectivity index (χ3n) is 1.73. The molecule has 0 aromatic heterocycles. The predicted octanol–water partition coefficient (Wildman–Crippen LogP) is -0.209. The lowest BCUT2D eigenvalue weighted by molar-refractivity contribution is -0.136. The third kappa shape index (κ3) is 3.36.